The van der Waals surface area contributed by atoms with Crippen LogP contribution in [0.1, 0.15) is 21.6 Å². The number of pyridine rings is 1. The molecule has 0 fully saturated rings. The van der Waals surface area contributed by atoms with Crippen molar-refractivity contribution in [3.63, 3.8) is 0 Å². The smallest absolute Gasteiger partial charge is 0.345 e. The summed E-state index contributed by atoms with van der Waals surface area (Å²) < 4.78 is 5.43. The van der Waals surface area contributed by atoms with Crippen LogP contribution in [-0.2, 0) is 0 Å². The van der Waals surface area contributed by atoms with Crippen LogP contribution in [0.25, 0.3) is 10.9 Å². The fourth-order valence-corrected chi connectivity index (χ4v) is 2.48. The van der Waals surface area contributed by atoms with E-state index in [1.54, 1.807) is 12.1 Å². The highest BCUT2D eigenvalue weighted by atomic mass is 16.5. The van der Waals surface area contributed by atoms with Gasteiger partial charge in [0.2, 0.25) is 0 Å². The zero-order chi connectivity index (χ0) is 14.8. The Morgan fingerprint density at radius 3 is 2.38 bits per heavy atom. The summed E-state index contributed by atoms with van der Waals surface area (Å²) in [4.78, 5) is 16.9. The van der Waals surface area contributed by atoms with Gasteiger partial charge in [-0.3, -0.25) is 4.98 Å². The Labute approximate surface area is 123 Å². The number of esters is 1. The second-order valence-electron chi connectivity index (χ2n) is 4.92. The Balaban J connectivity index is 2.05. The van der Waals surface area contributed by atoms with E-state index in [1.165, 1.54) is 0 Å². The molecule has 2 aromatic carbocycles. The molecule has 0 aliphatic carbocycles. The number of ether oxygens (including phenoxy) is 1. The number of benzene rings is 2. The zero-order valence-corrected chi connectivity index (χ0v) is 12.0. The second-order valence-corrected chi connectivity index (χ2v) is 4.92. The molecule has 21 heavy (non-hydrogen) atoms. The molecule has 0 radical (unpaired) electrons. The second kappa shape index (κ2) is 5.37. The first-order valence-corrected chi connectivity index (χ1v) is 6.80. The standard InChI is InChI=1S/C18H15NO2/c1-12-15-10-6-7-11-16(15)19-13(2)17(12)18(20)21-14-8-4-3-5-9-14/h3-11H,1-2H3. The third-order valence-electron chi connectivity index (χ3n) is 3.49. The summed E-state index contributed by atoms with van der Waals surface area (Å²) in [7, 11) is 0. The lowest BCUT2D eigenvalue weighted by molar-refractivity contribution is 0.0733. The highest BCUT2D eigenvalue weighted by Gasteiger charge is 2.18. The lowest BCUT2D eigenvalue weighted by atomic mass is 10.0. The van der Waals surface area contributed by atoms with Crippen LogP contribution >= 0.6 is 0 Å². The lowest BCUT2D eigenvalue weighted by Gasteiger charge is -2.11. The Hall–Kier alpha value is -2.68. The molecule has 3 rings (SSSR count). The average Bonchev–Trinajstić information content (AvgIpc) is 2.48. The number of nitrogens with zero attached hydrogens (tertiary/aromatic N) is 1. The van der Waals surface area contributed by atoms with Crippen molar-refractivity contribution >= 4 is 16.9 Å². The third kappa shape index (κ3) is 2.50. The molecule has 0 bridgehead atoms. The molecule has 3 nitrogen and oxygen atoms in total. The fourth-order valence-electron chi connectivity index (χ4n) is 2.48. The average molecular weight is 277 g/mol. The number of aryl methyl sites for hydroxylation is 2. The van der Waals surface area contributed by atoms with E-state index in [1.807, 2.05) is 56.3 Å². The van der Waals surface area contributed by atoms with Gasteiger partial charge >= 0.3 is 5.97 Å². The Morgan fingerprint density at radius 1 is 0.952 bits per heavy atom. The minimum Gasteiger partial charge on any atom is -0.423 e. The number of fused-ring (bicyclic) bond motifs is 1. The van der Waals surface area contributed by atoms with Gasteiger partial charge in [-0.15, -0.1) is 0 Å². The van der Waals surface area contributed by atoms with Gasteiger partial charge in [-0.05, 0) is 37.6 Å². The summed E-state index contributed by atoms with van der Waals surface area (Å²) in [5.74, 6) is 0.170. The molecular formula is C18H15NO2. The molecule has 104 valence electrons. The lowest BCUT2D eigenvalue weighted by Crippen LogP contribution is -2.13. The van der Waals surface area contributed by atoms with Crippen LogP contribution in [0.4, 0.5) is 0 Å². The molecule has 0 atom stereocenters. The van der Waals surface area contributed by atoms with Crippen LogP contribution < -0.4 is 4.74 Å². The molecule has 0 saturated carbocycles. The van der Waals surface area contributed by atoms with E-state index in [4.69, 9.17) is 4.74 Å². The van der Waals surface area contributed by atoms with E-state index in [0.717, 1.165) is 16.5 Å². The molecule has 3 heteroatoms. The first-order chi connectivity index (χ1) is 10.2. The molecule has 0 aliphatic heterocycles. The minimum absolute atomic E-state index is 0.366. The summed E-state index contributed by atoms with van der Waals surface area (Å²) in [5.41, 5.74) is 3.02. The van der Waals surface area contributed by atoms with Gasteiger partial charge in [0.1, 0.15) is 5.75 Å². The molecule has 0 saturated heterocycles. The Bertz CT molecular complexity index is 810. The van der Waals surface area contributed by atoms with Crippen LogP contribution in [-0.4, -0.2) is 11.0 Å². The number of rotatable bonds is 2. The predicted molar refractivity (Wildman–Crippen MR) is 82.6 cm³/mol. The van der Waals surface area contributed by atoms with E-state index in [2.05, 4.69) is 4.98 Å². The van der Waals surface area contributed by atoms with E-state index in [0.29, 0.717) is 17.0 Å². The van der Waals surface area contributed by atoms with Gasteiger partial charge in [-0.25, -0.2) is 4.79 Å². The van der Waals surface area contributed by atoms with Gasteiger partial charge in [0.25, 0.3) is 0 Å². The van der Waals surface area contributed by atoms with Crippen molar-refractivity contribution in [3.05, 3.63) is 71.4 Å². The summed E-state index contributed by atoms with van der Waals surface area (Å²) >= 11 is 0. The molecule has 1 aromatic heterocycles. The maximum absolute atomic E-state index is 12.4. The number of carbonyl (C=O) groups is 1. The van der Waals surface area contributed by atoms with Crippen molar-refractivity contribution in [2.24, 2.45) is 0 Å². The molecule has 1 heterocycles. The molecule has 0 aliphatic rings. The van der Waals surface area contributed by atoms with Crippen LogP contribution in [0.15, 0.2) is 54.6 Å². The summed E-state index contributed by atoms with van der Waals surface area (Å²) in [6, 6.07) is 16.9. The van der Waals surface area contributed by atoms with E-state index in [-0.39, 0.29) is 5.97 Å². The number of hydrogen-bond donors (Lipinski definition) is 0. The number of aromatic nitrogens is 1. The largest absolute Gasteiger partial charge is 0.423 e. The quantitative estimate of drug-likeness (QED) is 0.523. The molecular weight excluding hydrogens is 262 g/mol. The van der Waals surface area contributed by atoms with Gasteiger partial charge in [-0.2, -0.15) is 0 Å². The highest BCUT2D eigenvalue weighted by molar-refractivity contribution is 5.99. The van der Waals surface area contributed by atoms with Crippen molar-refractivity contribution in [3.8, 4) is 5.75 Å². The van der Waals surface area contributed by atoms with E-state index < -0.39 is 0 Å². The minimum atomic E-state index is -0.366. The molecule has 0 N–H and O–H groups in total. The SMILES string of the molecule is Cc1nc2ccccc2c(C)c1C(=O)Oc1ccccc1. The van der Waals surface area contributed by atoms with Crippen LogP contribution in [0.3, 0.4) is 0 Å². The van der Waals surface area contributed by atoms with Gasteiger partial charge < -0.3 is 4.74 Å². The predicted octanol–water partition coefficient (Wildman–Crippen LogP) is 4.07. The van der Waals surface area contributed by atoms with Gasteiger partial charge in [-0.1, -0.05) is 36.4 Å². The first kappa shape index (κ1) is 13.3. The summed E-state index contributed by atoms with van der Waals surface area (Å²) in [6.45, 7) is 3.76. The van der Waals surface area contributed by atoms with Crippen molar-refractivity contribution in [2.45, 2.75) is 13.8 Å². The highest BCUT2D eigenvalue weighted by Crippen LogP contribution is 2.23. The zero-order valence-electron chi connectivity index (χ0n) is 12.0. The number of carbonyl (C=O) groups excluding carboxylic acids is 1. The topological polar surface area (TPSA) is 39.2 Å². The normalized spacial score (nSPS) is 10.6. The van der Waals surface area contributed by atoms with Gasteiger partial charge in [0.05, 0.1) is 16.8 Å². The maximum atomic E-state index is 12.4. The monoisotopic (exact) mass is 277 g/mol. The Morgan fingerprint density at radius 2 is 1.62 bits per heavy atom. The molecule has 0 unspecified atom stereocenters. The molecule has 0 amide bonds. The van der Waals surface area contributed by atoms with Gasteiger partial charge in [0.15, 0.2) is 0 Å². The summed E-state index contributed by atoms with van der Waals surface area (Å²) in [6.07, 6.45) is 0. The first-order valence-electron chi connectivity index (χ1n) is 6.80. The van der Waals surface area contributed by atoms with E-state index in [9.17, 15) is 4.79 Å². The van der Waals surface area contributed by atoms with Crippen molar-refractivity contribution in [1.82, 2.24) is 4.98 Å². The maximum Gasteiger partial charge on any atom is 0.345 e. The number of para-hydroxylation sites is 2. The van der Waals surface area contributed by atoms with E-state index >= 15 is 0 Å². The Kier molecular flexibility index (Phi) is 3.40. The number of hydrogen-bond acceptors (Lipinski definition) is 3. The van der Waals surface area contributed by atoms with Crippen LogP contribution in [0, 0.1) is 13.8 Å². The summed E-state index contributed by atoms with van der Waals surface area (Å²) in [5, 5.41) is 0.975. The molecule has 0 spiro atoms. The van der Waals surface area contributed by atoms with Gasteiger partial charge in [0, 0.05) is 5.39 Å². The van der Waals surface area contributed by atoms with Crippen molar-refractivity contribution in [2.75, 3.05) is 0 Å². The van der Waals surface area contributed by atoms with Crippen LogP contribution in [0.2, 0.25) is 0 Å². The van der Waals surface area contributed by atoms with Crippen molar-refractivity contribution in [1.29, 1.82) is 0 Å². The molecule has 3 aromatic rings. The van der Waals surface area contributed by atoms with Crippen molar-refractivity contribution < 1.29 is 9.53 Å². The van der Waals surface area contributed by atoms with Crippen LogP contribution in [0.5, 0.6) is 5.75 Å². The third-order valence-corrected chi connectivity index (χ3v) is 3.49. The fraction of sp³-hybridized carbons (Fsp3) is 0.111.